The fraction of sp³-hybridized carbons (Fsp3) is 0.708. The molecule has 6 rings (SSSR count). The van der Waals surface area contributed by atoms with Crippen LogP contribution in [0.3, 0.4) is 0 Å². The lowest BCUT2D eigenvalue weighted by Crippen LogP contribution is -2.48. The Labute approximate surface area is 162 Å². The first kappa shape index (κ1) is 17.7. The maximum absolute atomic E-state index is 13.3. The van der Waals surface area contributed by atoms with Crippen molar-refractivity contribution in [2.75, 3.05) is 13.1 Å². The first-order valence-electron chi connectivity index (χ1n) is 11.1. The molecule has 1 unspecified atom stereocenters. The molecule has 1 aromatic rings. The molecule has 0 aromatic heterocycles. The van der Waals surface area contributed by atoms with Gasteiger partial charge in [-0.05, 0) is 92.2 Å². The fourth-order valence-electron chi connectivity index (χ4n) is 7.31. The van der Waals surface area contributed by atoms with Gasteiger partial charge in [-0.2, -0.15) is 0 Å². The average molecular weight is 370 g/mol. The van der Waals surface area contributed by atoms with E-state index in [0.29, 0.717) is 17.2 Å². The van der Waals surface area contributed by atoms with Crippen LogP contribution < -0.4 is 0 Å². The molecule has 1 aliphatic heterocycles. The summed E-state index contributed by atoms with van der Waals surface area (Å²) in [4.78, 5) is 15.5. The number of carbonyl (C=O) groups is 1. The minimum Gasteiger partial charge on any atom is -0.342 e. The molecule has 4 saturated carbocycles. The lowest BCUT2D eigenvalue weighted by Gasteiger charge is -2.57. The molecule has 2 nitrogen and oxygen atoms in total. The zero-order chi connectivity index (χ0) is 18.4. The van der Waals surface area contributed by atoms with Crippen LogP contribution in [0.15, 0.2) is 24.3 Å². The summed E-state index contributed by atoms with van der Waals surface area (Å²) in [6, 6.07) is 6.93. The molecule has 5 fully saturated rings. The van der Waals surface area contributed by atoms with Gasteiger partial charge in [-0.3, -0.25) is 4.79 Å². The van der Waals surface area contributed by atoms with Gasteiger partial charge in [-0.1, -0.05) is 18.6 Å². The van der Waals surface area contributed by atoms with Crippen LogP contribution in [-0.4, -0.2) is 23.9 Å². The monoisotopic (exact) mass is 369 g/mol. The van der Waals surface area contributed by atoms with E-state index in [2.05, 4.69) is 4.90 Å². The van der Waals surface area contributed by atoms with Crippen LogP contribution in [-0.2, 0) is 4.79 Å². The van der Waals surface area contributed by atoms with Crippen molar-refractivity contribution < 1.29 is 9.18 Å². The summed E-state index contributed by atoms with van der Waals surface area (Å²) >= 11 is 0. The number of halogens is 1. The van der Waals surface area contributed by atoms with E-state index in [1.54, 1.807) is 12.1 Å². The molecule has 5 aliphatic rings. The zero-order valence-electron chi connectivity index (χ0n) is 16.3. The second kappa shape index (κ2) is 6.90. The van der Waals surface area contributed by atoms with Gasteiger partial charge >= 0.3 is 0 Å². The second-order valence-electron chi connectivity index (χ2n) is 10.2. The average Bonchev–Trinajstić information content (AvgIpc) is 2.87. The molecular formula is C24H32FNO. The SMILES string of the molecule is O=C(CC12CC3CC(CC(C3)C1)C2)N1CCCCC(c2ccc(F)cc2)C1. The predicted octanol–water partition coefficient (Wildman–Crippen LogP) is 5.53. The highest BCUT2D eigenvalue weighted by Crippen LogP contribution is 2.61. The van der Waals surface area contributed by atoms with E-state index in [4.69, 9.17) is 0 Å². The van der Waals surface area contributed by atoms with E-state index in [1.165, 1.54) is 44.1 Å². The Balaban J connectivity index is 1.28. The van der Waals surface area contributed by atoms with Gasteiger partial charge in [0.25, 0.3) is 0 Å². The quantitative estimate of drug-likeness (QED) is 0.686. The third-order valence-corrected chi connectivity index (χ3v) is 8.06. The highest BCUT2D eigenvalue weighted by atomic mass is 19.1. The van der Waals surface area contributed by atoms with Gasteiger partial charge in [0.1, 0.15) is 5.82 Å². The van der Waals surface area contributed by atoms with Crippen molar-refractivity contribution in [3.63, 3.8) is 0 Å². The van der Waals surface area contributed by atoms with Gasteiger partial charge in [0.15, 0.2) is 0 Å². The van der Waals surface area contributed by atoms with Gasteiger partial charge in [0.05, 0.1) is 0 Å². The highest BCUT2D eigenvalue weighted by Gasteiger charge is 2.51. The van der Waals surface area contributed by atoms with Crippen LogP contribution in [0.2, 0.25) is 0 Å². The fourth-order valence-corrected chi connectivity index (χ4v) is 7.31. The van der Waals surface area contributed by atoms with Crippen molar-refractivity contribution in [3.8, 4) is 0 Å². The van der Waals surface area contributed by atoms with Crippen molar-refractivity contribution in [3.05, 3.63) is 35.6 Å². The Bertz CT molecular complexity index is 662. The molecule has 1 heterocycles. The number of hydrogen-bond acceptors (Lipinski definition) is 1. The summed E-state index contributed by atoms with van der Waals surface area (Å²) in [6.45, 7) is 1.72. The molecule has 146 valence electrons. The van der Waals surface area contributed by atoms with E-state index in [-0.39, 0.29) is 5.82 Å². The standard InChI is InChI=1S/C24H32FNO/c25-22-6-4-20(5-7-22)21-3-1-2-8-26(16-21)23(27)15-24-12-17-9-18(13-24)11-19(10-17)14-24/h4-7,17-19,21H,1-3,8-16H2. The zero-order valence-corrected chi connectivity index (χ0v) is 16.3. The first-order chi connectivity index (χ1) is 13.1. The van der Waals surface area contributed by atoms with Gasteiger partial charge in [-0.15, -0.1) is 0 Å². The Morgan fingerprint density at radius 1 is 1.00 bits per heavy atom. The molecule has 1 atom stereocenters. The minimum absolute atomic E-state index is 0.179. The van der Waals surface area contributed by atoms with Crippen LogP contribution in [0, 0.1) is 29.0 Å². The number of hydrogen-bond donors (Lipinski definition) is 0. The van der Waals surface area contributed by atoms with Crippen LogP contribution in [0.5, 0.6) is 0 Å². The molecule has 3 heteroatoms. The maximum atomic E-state index is 13.3. The summed E-state index contributed by atoms with van der Waals surface area (Å²) in [7, 11) is 0. The number of nitrogens with zero attached hydrogens (tertiary/aromatic N) is 1. The summed E-state index contributed by atoms with van der Waals surface area (Å²) in [6.07, 6.45) is 12.4. The van der Waals surface area contributed by atoms with Gasteiger partial charge in [0, 0.05) is 25.4 Å². The summed E-state index contributed by atoms with van der Waals surface area (Å²) in [5.41, 5.74) is 1.51. The third kappa shape index (κ3) is 3.54. The number of rotatable bonds is 3. The molecule has 0 spiro atoms. The van der Waals surface area contributed by atoms with E-state index in [0.717, 1.165) is 56.5 Å². The van der Waals surface area contributed by atoms with Crippen LogP contribution in [0.1, 0.15) is 75.7 Å². The second-order valence-corrected chi connectivity index (χ2v) is 10.2. The molecule has 1 saturated heterocycles. The maximum Gasteiger partial charge on any atom is 0.223 e. The molecule has 1 aromatic carbocycles. The van der Waals surface area contributed by atoms with Gasteiger partial charge < -0.3 is 4.90 Å². The lowest BCUT2D eigenvalue weighted by atomic mass is 9.49. The Morgan fingerprint density at radius 3 is 2.26 bits per heavy atom. The molecule has 0 N–H and O–H groups in total. The number of amides is 1. The highest BCUT2D eigenvalue weighted by molar-refractivity contribution is 5.77. The molecule has 27 heavy (non-hydrogen) atoms. The van der Waals surface area contributed by atoms with Crippen molar-refractivity contribution in [2.45, 2.75) is 70.1 Å². The number of carbonyl (C=O) groups excluding carboxylic acids is 1. The molecule has 4 aliphatic carbocycles. The predicted molar refractivity (Wildman–Crippen MR) is 105 cm³/mol. The Kier molecular flexibility index (Phi) is 4.52. The van der Waals surface area contributed by atoms with Crippen molar-refractivity contribution in [1.82, 2.24) is 4.90 Å². The molecular weight excluding hydrogens is 337 g/mol. The molecule has 0 radical (unpaired) electrons. The van der Waals surface area contributed by atoms with Crippen LogP contribution in [0.25, 0.3) is 0 Å². The minimum atomic E-state index is -0.179. The van der Waals surface area contributed by atoms with E-state index in [1.807, 2.05) is 12.1 Å². The number of likely N-dealkylation sites (tertiary alicyclic amines) is 1. The normalized spacial score (nSPS) is 38.0. The Hall–Kier alpha value is -1.38. The van der Waals surface area contributed by atoms with Crippen LogP contribution >= 0.6 is 0 Å². The molecule has 1 amide bonds. The van der Waals surface area contributed by atoms with Gasteiger partial charge in [0.2, 0.25) is 5.91 Å². The lowest BCUT2D eigenvalue weighted by molar-refractivity contribution is -0.139. The largest absolute Gasteiger partial charge is 0.342 e. The van der Waals surface area contributed by atoms with Crippen molar-refractivity contribution in [1.29, 1.82) is 0 Å². The topological polar surface area (TPSA) is 20.3 Å². The molecule has 4 bridgehead atoms. The van der Waals surface area contributed by atoms with Crippen molar-refractivity contribution in [2.24, 2.45) is 23.2 Å². The summed E-state index contributed by atoms with van der Waals surface area (Å²) < 4.78 is 13.3. The third-order valence-electron chi connectivity index (χ3n) is 8.06. The summed E-state index contributed by atoms with van der Waals surface area (Å²) in [5, 5.41) is 0. The van der Waals surface area contributed by atoms with Crippen molar-refractivity contribution >= 4 is 5.91 Å². The number of benzene rings is 1. The smallest absolute Gasteiger partial charge is 0.223 e. The summed E-state index contributed by atoms with van der Waals surface area (Å²) in [5.74, 6) is 3.28. The van der Waals surface area contributed by atoms with Crippen LogP contribution in [0.4, 0.5) is 4.39 Å². The van der Waals surface area contributed by atoms with Gasteiger partial charge in [-0.25, -0.2) is 4.39 Å². The Morgan fingerprint density at radius 2 is 1.63 bits per heavy atom. The first-order valence-corrected chi connectivity index (χ1v) is 11.1. The van der Waals surface area contributed by atoms with E-state index >= 15 is 0 Å². The van der Waals surface area contributed by atoms with E-state index < -0.39 is 0 Å². The van der Waals surface area contributed by atoms with E-state index in [9.17, 15) is 9.18 Å².